The number of carbonyl (C=O) groups excluding carboxylic acids is 1. The third-order valence-corrected chi connectivity index (χ3v) is 4.30. The third kappa shape index (κ3) is 3.45. The lowest BCUT2D eigenvalue weighted by molar-refractivity contribution is -0.384. The lowest BCUT2D eigenvalue weighted by Crippen LogP contribution is -2.12. The van der Waals surface area contributed by atoms with Gasteiger partial charge in [0, 0.05) is 17.3 Å². The summed E-state index contributed by atoms with van der Waals surface area (Å²) in [6.45, 7) is 3.81. The maximum Gasteiger partial charge on any atom is 0.291 e. The fraction of sp³-hybridized carbons (Fsp3) is 0.105. The number of nitro groups is 1. The monoisotopic (exact) mass is 370 g/mol. The van der Waals surface area contributed by atoms with E-state index < -0.39 is 10.8 Å². The van der Waals surface area contributed by atoms with E-state index in [4.69, 9.17) is 16.0 Å². The topological polar surface area (TPSA) is 85.4 Å². The summed E-state index contributed by atoms with van der Waals surface area (Å²) in [6, 6.07) is 13.2. The molecule has 3 aromatic rings. The number of anilines is 1. The summed E-state index contributed by atoms with van der Waals surface area (Å²) in [5.41, 5.74) is 2.86. The quantitative estimate of drug-likeness (QED) is 0.493. The van der Waals surface area contributed by atoms with Crippen molar-refractivity contribution < 1.29 is 14.1 Å². The highest BCUT2D eigenvalue weighted by Gasteiger charge is 2.18. The number of para-hydroxylation sites is 1. The molecule has 3 rings (SSSR count). The highest BCUT2D eigenvalue weighted by Crippen LogP contribution is 2.31. The third-order valence-electron chi connectivity index (χ3n) is 3.98. The van der Waals surface area contributed by atoms with Crippen LogP contribution in [0.25, 0.3) is 11.3 Å². The molecule has 0 unspecified atom stereocenters. The minimum atomic E-state index is -0.566. The first-order chi connectivity index (χ1) is 12.4. The van der Waals surface area contributed by atoms with E-state index in [1.165, 1.54) is 18.2 Å². The van der Waals surface area contributed by atoms with E-state index >= 15 is 0 Å². The molecule has 0 aliphatic rings. The number of furan rings is 1. The Labute approximate surface area is 154 Å². The Morgan fingerprint density at radius 1 is 1.12 bits per heavy atom. The van der Waals surface area contributed by atoms with Gasteiger partial charge in [-0.3, -0.25) is 14.9 Å². The van der Waals surface area contributed by atoms with Crippen molar-refractivity contribution in [1.29, 1.82) is 0 Å². The van der Waals surface area contributed by atoms with E-state index in [1.807, 2.05) is 32.0 Å². The number of aryl methyl sites for hydroxylation is 2. The normalized spacial score (nSPS) is 10.6. The Balaban J connectivity index is 1.87. The minimum absolute atomic E-state index is 0.0401. The van der Waals surface area contributed by atoms with Crippen molar-refractivity contribution in [3.63, 3.8) is 0 Å². The van der Waals surface area contributed by atoms with Crippen molar-refractivity contribution in [3.05, 3.63) is 80.6 Å². The minimum Gasteiger partial charge on any atom is -0.451 e. The van der Waals surface area contributed by atoms with Crippen LogP contribution >= 0.6 is 11.6 Å². The second-order valence-corrected chi connectivity index (χ2v) is 6.22. The summed E-state index contributed by atoms with van der Waals surface area (Å²) < 4.78 is 5.58. The molecule has 0 radical (unpaired) electrons. The van der Waals surface area contributed by atoms with Crippen LogP contribution in [0.4, 0.5) is 11.4 Å². The molecule has 0 aliphatic carbocycles. The van der Waals surface area contributed by atoms with Crippen LogP contribution in [0.3, 0.4) is 0 Å². The predicted molar refractivity (Wildman–Crippen MR) is 99.7 cm³/mol. The molecule has 1 amide bonds. The summed E-state index contributed by atoms with van der Waals surface area (Å²) >= 11 is 5.82. The largest absolute Gasteiger partial charge is 0.451 e. The van der Waals surface area contributed by atoms with Crippen molar-refractivity contribution in [2.45, 2.75) is 13.8 Å². The smallest absolute Gasteiger partial charge is 0.291 e. The van der Waals surface area contributed by atoms with Gasteiger partial charge in [-0.15, -0.1) is 0 Å². The lowest BCUT2D eigenvalue weighted by Gasteiger charge is -2.10. The molecule has 1 aromatic heterocycles. The molecule has 1 heterocycles. The SMILES string of the molecule is Cc1cccc(C)c1NC(=O)c1ccc(-c2ccc(Cl)c([N+](=O)[O-])c2)o1. The number of carbonyl (C=O) groups is 1. The molecule has 0 saturated heterocycles. The number of hydrogen-bond acceptors (Lipinski definition) is 4. The first-order valence-corrected chi connectivity index (χ1v) is 8.16. The highest BCUT2D eigenvalue weighted by molar-refractivity contribution is 6.32. The molecule has 0 bridgehead atoms. The number of nitrogens with one attached hydrogen (secondary N) is 1. The van der Waals surface area contributed by atoms with Crippen molar-refractivity contribution in [3.8, 4) is 11.3 Å². The number of hydrogen-bond donors (Lipinski definition) is 1. The van der Waals surface area contributed by atoms with Crippen LogP contribution in [0.15, 0.2) is 52.9 Å². The molecular weight excluding hydrogens is 356 g/mol. The molecular formula is C19H15ClN2O4. The molecule has 0 atom stereocenters. The van der Waals surface area contributed by atoms with Gasteiger partial charge in [-0.25, -0.2) is 0 Å². The van der Waals surface area contributed by atoms with E-state index in [9.17, 15) is 14.9 Å². The summed E-state index contributed by atoms with van der Waals surface area (Å²) in [5, 5.41) is 13.9. The van der Waals surface area contributed by atoms with E-state index in [-0.39, 0.29) is 16.5 Å². The number of halogens is 1. The van der Waals surface area contributed by atoms with Crippen LogP contribution in [0, 0.1) is 24.0 Å². The molecule has 0 spiro atoms. The van der Waals surface area contributed by atoms with Crippen LogP contribution < -0.4 is 5.32 Å². The van der Waals surface area contributed by atoms with E-state index in [0.29, 0.717) is 11.3 Å². The van der Waals surface area contributed by atoms with Crippen LogP contribution in [0.2, 0.25) is 5.02 Å². The van der Waals surface area contributed by atoms with Gasteiger partial charge in [-0.1, -0.05) is 29.8 Å². The summed E-state index contributed by atoms with van der Waals surface area (Å²) in [5.74, 6) is 0.0637. The molecule has 6 nitrogen and oxygen atoms in total. The Bertz CT molecular complexity index is 990. The van der Waals surface area contributed by atoms with Gasteiger partial charge >= 0.3 is 0 Å². The summed E-state index contributed by atoms with van der Waals surface area (Å²) in [4.78, 5) is 22.9. The zero-order chi connectivity index (χ0) is 18.8. The molecule has 1 N–H and O–H groups in total. The van der Waals surface area contributed by atoms with Gasteiger partial charge in [0.2, 0.25) is 0 Å². The van der Waals surface area contributed by atoms with Gasteiger partial charge in [0.25, 0.3) is 11.6 Å². The zero-order valence-corrected chi connectivity index (χ0v) is 14.8. The summed E-state index contributed by atoms with van der Waals surface area (Å²) in [6.07, 6.45) is 0. The van der Waals surface area contributed by atoms with Gasteiger partial charge < -0.3 is 9.73 Å². The molecule has 132 valence electrons. The fourth-order valence-electron chi connectivity index (χ4n) is 2.61. The molecule has 2 aromatic carbocycles. The Morgan fingerprint density at radius 2 is 1.81 bits per heavy atom. The van der Waals surface area contributed by atoms with Crippen molar-refractivity contribution in [2.24, 2.45) is 0 Å². The number of benzene rings is 2. The Hall–Kier alpha value is -3.12. The van der Waals surface area contributed by atoms with Crippen molar-refractivity contribution in [2.75, 3.05) is 5.32 Å². The maximum absolute atomic E-state index is 12.5. The van der Waals surface area contributed by atoms with Gasteiger partial charge in [0.05, 0.1) is 4.92 Å². The second kappa shape index (κ2) is 7.01. The van der Waals surface area contributed by atoms with Gasteiger partial charge in [-0.2, -0.15) is 0 Å². The van der Waals surface area contributed by atoms with E-state index in [2.05, 4.69) is 5.32 Å². The van der Waals surface area contributed by atoms with Crippen LogP contribution in [-0.2, 0) is 0 Å². The number of nitro benzene ring substituents is 1. The second-order valence-electron chi connectivity index (χ2n) is 5.81. The average Bonchev–Trinajstić information content (AvgIpc) is 3.08. The zero-order valence-electron chi connectivity index (χ0n) is 14.1. The maximum atomic E-state index is 12.5. The van der Waals surface area contributed by atoms with Gasteiger partial charge in [-0.05, 0) is 49.2 Å². The Morgan fingerprint density at radius 3 is 2.46 bits per heavy atom. The number of nitrogens with zero attached hydrogens (tertiary/aromatic N) is 1. The summed E-state index contributed by atoms with van der Waals surface area (Å²) in [7, 11) is 0. The standard InChI is InChI=1S/C19H15ClN2O4/c1-11-4-3-5-12(2)18(11)21-19(23)17-9-8-16(26-17)13-6-7-14(20)15(10-13)22(24)25/h3-10H,1-2H3,(H,21,23). The Kier molecular flexibility index (Phi) is 4.77. The molecule has 26 heavy (non-hydrogen) atoms. The lowest BCUT2D eigenvalue weighted by atomic mass is 10.1. The van der Waals surface area contributed by atoms with Crippen LogP contribution in [0.1, 0.15) is 21.7 Å². The van der Waals surface area contributed by atoms with Crippen LogP contribution in [0.5, 0.6) is 0 Å². The van der Waals surface area contributed by atoms with Gasteiger partial charge in [0.15, 0.2) is 5.76 Å². The van der Waals surface area contributed by atoms with E-state index in [0.717, 1.165) is 16.8 Å². The number of rotatable bonds is 4. The molecule has 7 heteroatoms. The van der Waals surface area contributed by atoms with E-state index in [1.54, 1.807) is 12.1 Å². The molecule has 0 saturated carbocycles. The number of amides is 1. The van der Waals surface area contributed by atoms with Crippen molar-refractivity contribution in [1.82, 2.24) is 0 Å². The first kappa shape index (κ1) is 17.7. The first-order valence-electron chi connectivity index (χ1n) is 7.78. The fourth-order valence-corrected chi connectivity index (χ4v) is 2.79. The molecule has 0 aliphatic heterocycles. The highest BCUT2D eigenvalue weighted by atomic mass is 35.5. The van der Waals surface area contributed by atoms with Crippen molar-refractivity contribution >= 4 is 28.9 Å². The average molecular weight is 371 g/mol. The molecule has 0 fully saturated rings. The van der Waals surface area contributed by atoms with Gasteiger partial charge in [0.1, 0.15) is 10.8 Å². The van der Waals surface area contributed by atoms with Crippen LogP contribution in [-0.4, -0.2) is 10.8 Å². The predicted octanol–water partition coefficient (Wildman–Crippen LogP) is 5.38.